The highest BCUT2D eigenvalue weighted by Crippen LogP contribution is 2.23. The summed E-state index contributed by atoms with van der Waals surface area (Å²) < 4.78 is 12.1. The maximum absolute atomic E-state index is 13.2. The topological polar surface area (TPSA) is 108 Å². The van der Waals surface area contributed by atoms with Crippen LogP contribution in [-0.2, 0) is 11.3 Å². The van der Waals surface area contributed by atoms with Gasteiger partial charge in [-0.2, -0.15) is 5.10 Å². The molecule has 0 saturated carbocycles. The fourth-order valence-electron chi connectivity index (χ4n) is 3.16. The second-order valence-electron chi connectivity index (χ2n) is 7.50. The van der Waals surface area contributed by atoms with Gasteiger partial charge in [-0.1, -0.05) is 23.7 Å². The Hall–Kier alpha value is -4.24. The molecule has 0 radical (unpaired) electrons. The predicted molar refractivity (Wildman–Crippen MR) is 132 cm³/mol. The lowest BCUT2D eigenvalue weighted by atomic mass is 10.2. The first kappa shape index (κ1) is 23.9. The van der Waals surface area contributed by atoms with E-state index in [-0.39, 0.29) is 24.7 Å². The van der Waals surface area contributed by atoms with Crippen molar-refractivity contribution in [1.29, 1.82) is 0 Å². The minimum absolute atomic E-state index is 0.144. The zero-order valence-corrected chi connectivity index (χ0v) is 19.8. The Morgan fingerprint density at radius 3 is 2.43 bits per heavy atom. The summed E-state index contributed by atoms with van der Waals surface area (Å²) in [4.78, 5) is 29.8. The Balaban J connectivity index is 1.60. The molecule has 1 N–H and O–H groups in total. The molecule has 0 aliphatic carbocycles. The molecule has 2 heterocycles. The van der Waals surface area contributed by atoms with Crippen LogP contribution >= 0.6 is 11.6 Å². The van der Waals surface area contributed by atoms with Gasteiger partial charge < -0.3 is 14.8 Å². The highest BCUT2D eigenvalue weighted by molar-refractivity contribution is 6.30. The van der Waals surface area contributed by atoms with Gasteiger partial charge in [0.05, 0.1) is 25.0 Å². The highest BCUT2D eigenvalue weighted by atomic mass is 35.5. The SMILES string of the molecule is CCOC(=O)c1cnc(Nc2ccc(Oc3ccc(C)nn3)cc2)n(Cc2ccc(Cl)cc2)c1=O. The number of rotatable bonds is 8. The van der Waals surface area contributed by atoms with Gasteiger partial charge in [0.25, 0.3) is 5.56 Å². The molecule has 2 aromatic heterocycles. The average Bonchev–Trinajstić information content (AvgIpc) is 2.85. The summed E-state index contributed by atoms with van der Waals surface area (Å²) in [5.41, 5.74) is 1.60. The smallest absolute Gasteiger partial charge is 0.345 e. The van der Waals surface area contributed by atoms with Crippen LogP contribution in [0.2, 0.25) is 5.02 Å². The molecular weight excluding hydrogens is 470 g/mol. The van der Waals surface area contributed by atoms with Crippen molar-refractivity contribution in [2.45, 2.75) is 20.4 Å². The number of aryl methyl sites for hydroxylation is 1. The average molecular weight is 492 g/mol. The maximum Gasteiger partial charge on any atom is 0.345 e. The Bertz CT molecular complexity index is 1370. The molecule has 0 amide bonds. The predicted octanol–water partition coefficient (Wildman–Crippen LogP) is 4.76. The highest BCUT2D eigenvalue weighted by Gasteiger charge is 2.18. The van der Waals surface area contributed by atoms with Crippen molar-refractivity contribution in [3.8, 4) is 11.6 Å². The zero-order chi connectivity index (χ0) is 24.8. The number of benzene rings is 2. The van der Waals surface area contributed by atoms with Gasteiger partial charge in [-0.05, 0) is 61.9 Å². The standard InChI is InChI=1S/C25H22ClN5O4/c1-3-34-24(33)21-14-27-25(31(23(21)32)15-17-5-7-18(26)8-6-17)28-19-9-11-20(12-10-19)35-22-13-4-16(2)29-30-22/h4-14H,3,15H2,1-2H3,(H,27,28). The fraction of sp³-hybridized carbons (Fsp3) is 0.160. The van der Waals surface area contributed by atoms with E-state index in [4.69, 9.17) is 21.1 Å². The summed E-state index contributed by atoms with van der Waals surface area (Å²) in [6, 6.07) is 17.7. The van der Waals surface area contributed by atoms with Crippen LogP contribution in [0.15, 0.2) is 71.7 Å². The summed E-state index contributed by atoms with van der Waals surface area (Å²) >= 11 is 5.98. The number of carbonyl (C=O) groups is 1. The number of esters is 1. The Morgan fingerprint density at radius 1 is 1.03 bits per heavy atom. The lowest BCUT2D eigenvalue weighted by Crippen LogP contribution is -2.30. The monoisotopic (exact) mass is 491 g/mol. The van der Waals surface area contributed by atoms with Gasteiger partial charge in [-0.3, -0.25) is 9.36 Å². The van der Waals surface area contributed by atoms with Gasteiger partial charge in [0.2, 0.25) is 11.8 Å². The maximum atomic E-state index is 13.2. The van der Waals surface area contributed by atoms with E-state index in [9.17, 15) is 9.59 Å². The van der Waals surface area contributed by atoms with Crippen molar-refractivity contribution in [2.75, 3.05) is 11.9 Å². The Morgan fingerprint density at radius 2 is 1.77 bits per heavy atom. The molecule has 0 unspecified atom stereocenters. The number of halogens is 1. The summed E-state index contributed by atoms with van der Waals surface area (Å²) in [7, 11) is 0. The van der Waals surface area contributed by atoms with Gasteiger partial charge in [0.1, 0.15) is 11.3 Å². The van der Waals surface area contributed by atoms with E-state index in [0.29, 0.717) is 22.3 Å². The molecule has 35 heavy (non-hydrogen) atoms. The van der Waals surface area contributed by atoms with Crippen LogP contribution in [0.25, 0.3) is 0 Å². The van der Waals surface area contributed by atoms with Crippen molar-refractivity contribution in [1.82, 2.24) is 19.7 Å². The van der Waals surface area contributed by atoms with E-state index in [1.165, 1.54) is 10.8 Å². The molecular formula is C25H22ClN5O4. The van der Waals surface area contributed by atoms with Crippen LogP contribution in [0.4, 0.5) is 11.6 Å². The third kappa shape index (κ3) is 6.01. The van der Waals surface area contributed by atoms with Crippen LogP contribution < -0.4 is 15.6 Å². The second-order valence-corrected chi connectivity index (χ2v) is 7.93. The molecule has 10 heteroatoms. The third-order valence-corrected chi connectivity index (χ3v) is 5.15. The van der Waals surface area contributed by atoms with Crippen LogP contribution in [0.5, 0.6) is 11.6 Å². The van der Waals surface area contributed by atoms with Crippen LogP contribution in [0, 0.1) is 6.92 Å². The summed E-state index contributed by atoms with van der Waals surface area (Å²) in [6.45, 7) is 3.84. The fourth-order valence-corrected chi connectivity index (χ4v) is 3.28. The largest absolute Gasteiger partial charge is 0.462 e. The van der Waals surface area contributed by atoms with Crippen molar-refractivity contribution >= 4 is 29.2 Å². The third-order valence-electron chi connectivity index (χ3n) is 4.90. The number of aromatic nitrogens is 4. The van der Waals surface area contributed by atoms with Gasteiger partial charge >= 0.3 is 5.97 Å². The lowest BCUT2D eigenvalue weighted by Gasteiger charge is -2.15. The Labute approximate surface area is 206 Å². The number of ether oxygens (including phenoxy) is 2. The molecule has 0 spiro atoms. The molecule has 178 valence electrons. The van der Waals surface area contributed by atoms with E-state index in [0.717, 1.165) is 11.3 Å². The summed E-state index contributed by atoms with van der Waals surface area (Å²) in [5.74, 6) is 0.486. The van der Waals surface area contributed by atoms with E-state index in [1.54, 1.807) is 61.5 Å². The first-order valence-corrected chi connectivity index (χ1v) is 11.2. The van der Waals surface area contributed by atoms with E-state index in [2.05, 4.69) is 20.5 Å². The minimum Gasteiger partial charge on any atom is -0.462 e. The molecule has 0 atom stereocenters. The molecule has 4 rings (SSSR count). The molecule has 0 fully saturated rings. The van der Waals surface area contributed by atoms with Crippen LogP contribution in [0.1, 0.15) is 28.5 Å². The van der Waals surface area contributed by atoms with Crippen molar-refractivity contribution in [3.05, 3.63) is 99.1 Å². The number of hydrogen-bond donors (Lipinski definition) is 1. The van der Waals surface area contributed by atoms with Crippen molar-refractivity contribution in [2.24, 2.45) is 0 Å². The first-order chi connectivity index (χ1) is 16.9. The lowest BCUT2D eigenvalue weighted by molar-refractivity contribution is 0.0523. The van der Waals surface area contributed by atoms with Crippen LogP contribution in [-0.4, -0.2) is 32.3 Å². The number of anilines is 2. The molecule has 9 nitrogen and oxygen atoms in total. The summed E-state index contributed by atoms with van der Waals surface area (Å²) in [6.07, 6.45) is 1.22. The van der Waals surface area contributed by atoms with Gasteiger partial charge in [-0.15, -0.1) is 5.10 Å². The second kappa shape index (κ2) is 10.8. The van der Waals surface area contributed by atoms with E-state index >= 15 is 0 Å². The van der Waals surface area contributed by atoms with Gasteiger partial charge in [0, 0.05) is 16.8 Å². The molecule has 0 bridgehead atoms. The van der Waals surface area contributed by atoms with Gasteiger partial charge in [-0.25, -0.2) is 9.78 Å². The minimum atomic E-state index is -0.720. The molecule has 0 saturated heterocycles. The number of nitrogens with zero attached hydrogens (tertiary/aromatic N) is 4. The molecule has 0 aliphatic rings. The quantitative estimate of drug-likeness (QED) is 0.351. The molecule has 0 aliphatic heterocycles. The number of carbonyl (C=O) groups excluding carboxylic acids is 1. The van der Waals surface area contributed by atoms with Crippen molar-refractivity contribution in [3.63, 3.8) is 0 Å². The zero-order valence-electron chi connectivity index (χ0n) is 19.1. The Kier molecular flexibility index (Phi) is 7.37. The van der Waals surface area contributed by atoms with Crippen LogP contribution in [0.3, 0.4) is 0 Å². The molecule has 4 aromatic rings. The van der Waals surface area contributed by atoms with E-state index in [1.807, 2.05) is 13.0 Å². The number of hydrogen-bond acceptors (Lipinski definition) is 8. The first-order valence-electron chi connectivity index (χ1n) is 10.8. The van der Waals surface area contributed by atoms with E-state index < -0.39 is 11.5 Å². The number of nitrogens with one attached hydrogen (secondary N) is 1. The normalized spacial score (nSPS) is 10.6. The van der Waals surface area contributed by atoms with Crippen molar-refractivity contribution < 1.29 is 14.3 Å². The summed E-state index contributed by atoms with van der Waals surface area (Å²) in [5, 5.41) is 11.7. The van der Waals surface area contributed by atoms with Gasteiger partial charge in [0.15, 0.2) is 0 Å². The molecule has 2 aromatic carbocycles.